The summed E-state index contributed by atoms with van der Waals surface area (Å²) >= 11 is 18.0. The average Bonchev–Trinajstić information content (AvgIpc) is 2.60. The molecule has 0 bridgehead atoms. The fourth-order valence-electron chi connectivity index (χ4n) is 1.49. The molecule has 1 heterocycles. The van der Waals surface area contributed by atoms with Gasteiger partial charge in [-0.15, -0.1) is 0 Å². The van der Waals surface area contributed by atoms with Crippen molar-refractivity contribution in [2.75, 3.05) is 7.05 Å². The summed E-state index contributed by atoms with van der Waals surface area (Å²) in [4.78, 5) is 0. The predicted octanol–water partition coefficient (Wildman–Crippen LogP) is 4.11. The van der Waals surface area contributed by atoms with Crippen molar-refractivity contribution in [1.82, 2.24) is 5.32 Å². The third kappa shape index (κ3) is 1.83. The van der Waals surface area contributed by atoms with E-state index in [0.717, 1.165) is 10.9 Å². The number of halogens is 3. The molecule has 0 spiro atoms. The average molecular weight is 265 g/mol. The molecular formula is C10H8Cl3NO. The van der Waals surface area contributed by atoms with Gasteiger partial charge in [-0.3, -0.25) is 0 Å². The summed E-state index contributed by atoms with van der Waals surface area (Å²) in [5.74, 6) is 0. The van der Waals surface area contributed by atoms with Gasteiger partial charge in [0.2, 0.25) is 0 Å². The lowest BCUT2D eigenvalue weighted by atomic mass is 10.2. The van der Waals surface area contributed by atoms with Crippen LogP contribution < -0.4 is 5.32 Å². The number of benzene rings is 1. The van der Waals surface area contributed by atoms with Crippen molar-refractivity contribution < 1.29 is 4.42 Å². The van der Waals surface area contributed by atoms with Crippen molar-refractivity contribution in [1.29, 1.82) is 0 Å². The lowest BCUT2D eigenvalue weighted by molar-refractivity contribution is 0.607. The van der Waals surface area contributed by atoms with Gasteiger partial charge in [0.05, 0.1) is 21.3 Å². The van der Waals surface area contributed by atoms with Crippen LogP contribution in [0.5, 0.6) is 0 Å². The molecule has 5 heteroatoms. The van der Waals surface area contributed by atoms with Gasteiger partial charge >= 0.3 is 0 Å². The predicted molar refractivity (Wildman–Crippen MR) is 64.0 cm³/mol. The molecule has 0 aliphatic carbocycles. The summed E-state index contributed by atoms with van der Waals surface area (Å²) in [5.41, 5.74) is 1.53. The van der Waals surface area contributed by atoms with Gasteiger partial charge < -0.3 is 9.73 Å². The molecule has 1 N–H and O–H groups in total. The standard InChI is InChI=1S/C10H8Cl3NO/c1-14-3-5-4-15-10-7(12)2-6(11)9(13)8(5)10/h2,4,14H,3H2,1H3. The first-order valence-corrected chi connectivity index (χ1v) is 5.46. The van der Waals surface area contributed by atoms with E-state index in [2.05, 4.69) is 5.32 Å². The van der Waals surface area contributed by atoms with E-state index in [1.165, 1.54) is 0 Å². The van der Waals surface area contributed by atoms with E-state index in [0.29, 0.717) is 27.2 Å². The minimum absolute atomic E-state index is 0.438. The Morgan fingerprint density at radius 1 is 1.27 bits per heavy atom. The lowest BCUT2D eigenvalue weighted by Gasteiger charge is -2.01. The van der Waals surface area contributed by atoms with Gasteiger partial charge in [-0.05, 0) is 13.1 Å². The lowest BCUT2D eigenvalue weighted by Crippen LogP contribution is -2.04. The van der Waals surface area contributed by atoms with Crippen LogP contribution in [-0.4, -0.2) is 7.05 Å². The normalized spacial score (nSPS) is 11.2. The van der Waals surface area contributed by atoms with Crippen LogP contribution in [0.25, 0.3) is 11.0 Å². The van der Waals surface area contributed by atoms with Crippen LogP contribution in [0.3, 0.4) is 0 Å². The highest BCUT2D eigenvalue weighted by Crippen LogP contribution is 2.38. The first-order chi connectivity index (χ1) is 7.15. The molecule has 0 unspecified atom stereocenters. The maximum absolute atomic E-state index is 6.10. The summed E-state index contributed by atoms with van der Waals surface area (Å²) in [6, 6.07) is 1.58. The molecular weight excluding hydrogens is 256 g/mol. The zero-order valence-corrected chi connectivity index (χ0v) is 10.2. The number of nitrogens with one attached hydrogen (secondary N) is 1. The summed E-state index contributed by atoms with van der Waals surface area (Å²) in [7, 11) is 1.85. The van der Waals surface area contributed by atoms with E-state index in [-0.39, 0.29) is 0 Å². The minimum atomic E-state index is 0.438. The zero-order valence-electron chi connectivity index (χ0n) is 7.90. The Labute approximate surface area is 102 Å². The van der Waals surface area contributed by atoms with Crippen LogP contribution in [0, 0.1) is 0 Å². The van der Waals surface area contributed by atoms with Gasteiger partial charge in [0, 0.05) is 17.5 Å². The molecule has 2 rings (SSSR count). The molecule has 80 valence electrons. The molecule has 0 amide bonds. The summed E-state index contributed by atoms with van der Waals surface area (Å²) in [6.45, 7) is 0.656. The first kappa shape index (κ1) is 11.1. The van der Waals surface area contributed by atoms with E-state index >= 15 is 0 Å². The summed E-state index contributed by atoms with van der Waals surface area (Å²) < 4.78 is 5.35. The molecule has 0 radical (unpaired) electrons. The van der Waals surface area contributed by atoms with Gasteiger partial charge in [0.1, 0.15) is 0 Å². The van der Waals surface area contributed by atoms with E-state index in [1.807, 2.05) is 7.05 Å². The van der Waals surface area contributed by atoms with Gasteiger partial charge in [-0.25, -0.2) is 0 Å². The number of fused-ring (bicyclic) bond motifs is 1. The van der Waals surface area contributed by atoms with Crippen LogP contribution in [0.1, 0.15) is 5.56 Å². The molecule has 0 aliphatic rings. The second kappa shape index (κ2) is 4.22. The Morgan fingerprint density at radius 2 is 2.00 bits per heavy atom. The monoisotopic (exact) mass is 263 g/mol. The molecule has 1 aromatic heterocycles. The Kier molecular flexibility index (Phi) is 3.12. The molecule has 0 aliphatic heterocycles. The molecule has 2 aromatic rings. The Balaban J connectivity index is 2.77. The maximum Gasteiger partial charge on any atom is 0.154 e. The molecule has 0 fully saturated rings. The third-order valence-corrected chi connectivity index (χ3v) is 3.20. The Morgan fingerprint density at radius 3 is 2.67 bits per heavy atom. The largest absolute Gasteiger partial charge is 0.462 e. The van der Waals surface area contributed by atoms with Crippen LogP contribution >= 0.6 is 34.8 Å². The van der Waals surface area contributed by atoms with Crippen LogP contribution in [-0.2, 0) is 6.54 Å². The van der Waals surface area contributed by atoms with Crippen molar-refractivity contribution in [3.05, 3.63) is 33.0 Å². The molecule has 0 saturated carbocycles. The van der Waals surface area contributed by atoms with E-state index in [1.54, 1.807) is 12.3 Å². The minimum Gasteiger partial charge on any atom is -0.462 e. The third-order valence-electron chi connectivity index (χ3n) is 2.13. The molecule has 2 nitrogen and oxygen atoms in total. The smallest absolute Gasteiger partial charge is 0.154 e. The highest BCUT2D eigenvalue weighted by atomic mass is 35.5. The topological polar surface area (TPSA) is 25.2 Å². The van der Waals surface area contributed by atoms with Crippen LogP contribution in [0.4, 0.5) is 0 Å². The zero-order chi connectivity index (χ0) is 11.0. The Hall–Kier alpha value is -0.410. The van der Waals surface area contributed by atoms with Gasteiger partial charge in [0.25, 0.3) is 0 Å². The molecule has 0 atom stereocenters. The van der Waals surface area contributed by atoms with Crippen molar-refractivity contribution in [3.63, 3.8) is 0 Å². The number of hydrogen-bond donors (Lipinski definition) is 1. The van der Waals surface area contributed by atoms with E-state index in [9.17, 15) is 0 Å². The van der Waals surface area contributed by atoms with E-state index in [4.69, 9.17) is 39.2 Å². The second-order valence-electron chi connectivity index (χ2n) is 3.15. The summed E-state index contributed by atoms with van der Waals surface area (Å²) in [5, 5.41) is 5.20. The van der Waals surface area contributed by atoms with Gasteiger partial charge in [-0.2, -0.15) is 0 Å². The van der Waals surface area contributed by atoms with E-state index < -0.39 is 0 Å². The SMILES string of the molecule is CNCc1coc2c(Cl)cc(Cl)c(Cl)c12. The quantitative estimate of drug-likeness (QED) is 0.826. The van der Waals surface area contributed by atoms with Crippen LogP contribution in [0.15, 0.2) is 16.7 Å². The highest BCUT2D eigenvalue weighted by molar-refractivity contribution is 6.47. The van der Waals surface area contributed by atoms with Crippen molar-refractivity contribution in [2.24, 2.45) is 0 Å². The van der Waals surface area contributed by atoms with Crippen LogP contribution in [0.2, 0.25) is 15.1 Å². The number of rotatable bonds is 2. The summed E-state index contributed by atoms with van der Waals surface area (Å²) in [6.07, 6.45) is 1.63. The van der Waals surface area contributed by atoms with Crippen molar-refractivity contribution in [2.45, 2.75) is 6.54 Å². The van der Waals surface area contributed by atoms with Crippen molar-refractivity contribution >= 4 is 45.8 Å². The first-order valence-electron chi connectivity index (χ1n) is 4.33. The maximum atomic E-state index is 6.10. The molecule has 15 heavy (non-hydrogen) atoms. The number of hydrogen-bond acceptors (Lipinski definition) is 2. The second-order valence-corrected chi connectivity index (χ2v) is 4.34. The number of furan rings is 1. The Bertz CT molecular complexity index is 507. The fourth-order valence-corrected chi connectivity index (χ4v) is 2.26. The molecule has 0 saturated heterocycles. The van der Waals surface area contributed by atoms with Gasteiger partial charge in [-0.1, -0.05) is 34.8 Å². The highest BCUT2D eigenvalue weighted by Gasteiger charge is 2.15. The fraction of sp³-hybridized carbons (Fsp3) is 0.200. The van der Waals surface area contributed by atoms with Gasteiger partial charge in [0.15, 0.2) is 5.58 Å². The molecule has 1 aromatic carbocycles. The van der Waals surface area contributed by atoms with Crippen molar-refractivity contribution in [3.8, 4) is 0 Å².